The molecule has 0 saturated heterocycles. The van der Waals surface area contributed by atoms with Crippen molar-refractivity contribution in [3.63, 3.8) is 0 Å². The number of carbonyl (C=O) groups is 2. The predicted octanol–water partition coefficient (Wildman–Crippen LogP) is 3.51. The van der Waals surface area contributed by atoms with Crippen molar-refractivity contribution >= 4 is 23.3 Å². The Morgan fingerprint density at radius 3 is 2.56 bits per heavy atom. The molecule has 3 rings (SSSR count). The summed E-state index contributed by atoms with van der Waals surface area (Å²) in [6.45, 7) is 3.49. The van der Waals surface area contributed by atoms with Crippen molar-refractivity contribution in [3.05, 3.63) is 52.5 Å². The fourth-order valence-corrected chi connectivity index (χ4v) is 3.21. The zero-order valence-electron chi connectivity index (χ0n) is 15.5. The Balaban J connectivity index is 1.93. The second-order valence-electron chi connectivity index (χ2n) is 6.68. The monoisotopic (exact) mass is 389 g/mol. The summed E-state index contributed by atoms with van der Waals surface area (Å²) in [7, 11) is 3.00. The van der Waals surface area contributed by atoms with Gasteiger partial charge in [0.15, 0.2) is 5.78 Å². The van der Waals surface area contributed by atoms with Crippen molar-refractivity contribution in [1.29, 1.82) is 0 Å². The first-order valence-electron chi connectivity index (χ1n) is 8.32. The van der Waals surface area contributed by atoms with Gasteiger partial charge in [0.05, 0.1) is 25.3 Å². The van der Waals surface area contributed by atoms with E-state index in [2.05, 4.69) is 5.32 Å². The Hall–Kier alpha value is -2.73. The van der Waals surface area contributed by atoms with Crippen LogP contribution < -0.4 is 19.5 Å². The lowest BCUT2D eigenvalue weighted by Crippen LogP contribution is -2.59. The maximum Gasteiger partial charge on any atom is 0.255 e. The Bertz CT molecular complexity index is 909. The van der Waals surface area contributed by atoms with E-state index >= 15 is 0 Å². The van der Waals surface area contributed by atoms with E-state index in [0.29, 0.717) is 27.8 Å². The number of carbonyl (C=O) groups excluding carboxylic acids is 2. The normalized spacial score (nSPS) is 17.5. The molecule has 1 aliphatic heterocycles. The number of ether oxygens (including phenoxy) is 3. The molecule has 1 heterocycles. The van der Waals surface area contributed by atoms with Crippen LogP contribution in [0.1, 0.15) is 34.6 Å². The smallest absolute Gasteiger partial charge is 0.255 e. The molecule has 6 nitrogen and oxygen atoms in total. The zero-order valence-corrected chi connectivity index (χ0v) is 16.2. The third kappa shape index (κ3) is 3.57. The number of Topliss-reactive ketones (excluding diaryl/α,β-unsaturated/α-hetero) is 1. The minimum absolute atomic E-state index is 0.238. The molecule has 0 saturated carbocycles. The number of rotatable bonds is 4. The number of benzene rings is 2. The number of fused-ring (bicyclic) bond motifs is 1. The molecule has 0 radical (unpaired) electrons. The minimum atomic E-state index is -0.960. The second kappa shape index (κ2) is 7.12. The van der Waals surface area contributed by atoms with Crippen LogP contribution in [0, 0.1) is 0 Å². The van der Waals surface area contributed by atoms with Gasteiger partial charge in [-0.25, -0.2) is 0 Å². The Morgan fingerprint density at radius 2 is 1.89 bits per heavy atom. The summed E-state index contributed by atoms with van der Waals surface area (Å²) in [5.41, 5.74) is -0.328. The van der Waals surface area contributed by atoms with Crippen LogP contribution in [0.5, 0.6) is 17.2 Å². The van der Waals surface area contributed by atoms with Crippen LogP contribution in [0.2, 0.25) is 5.02 Å². The topological polar surface area (TPSA) is 73.9 Å². The molecule has 1 amide bonds. The fourth-order valence-electron chi connectivity index (χ4n) is 3.04. The van der Waals surface area contributed by atoms with Gasteiger partial charge in [-0.1, -0.05) is 11.6 Å². The molecule has 0 bridgehead atoms. The largest absolute Gasteiger partial charge is 0.497 e. The van der Waals surface area contributed by atoms with E-state index in [1.165, 1.54) is 13.2 Å². The van der Waals surface area contributed by atoms with Gasteiger partial charge in [0.2, 0.25) is 0 Å². The van der Waals surface area contributed by atoms with Crippen molar-refractivity contribution in [3.8, 4) is 17.2 Å². The first kappa shape index (κ1) is 19.0. The second-order valence-corrected chi connectivity index (χ2v) is 7.12. The lowest BCUT2D eigenvalue weighted by molar-refractivity contribution is 0.0378. The van der Waals surface area contributed by atoms with E-state index in [1.54, 1.807) is 51.3 Å². The third-order valence-electron chi connectivity index (χ3n) is 4.47. The van der Waals surface area contributed by atoms with Gasteiger partial charge in [-0.2, -0.15) is 0 Å². The standard InChI is InChI=1S/C20H20ClNO5/c1-20(2)18(17(23)13-7-6-12(25-3)10-16(13)27-20)22-19(24)14-9-11(21)5-8-15(14)26-4/h5-10,18H,1-4H3,(H,22,24). The Labute approximate surface area is 162 Å². The lowest BCUT2D eigenvalue weighted by atomic mass is 9.87. The molecule has 1 aliphatic rings. The summed E-state index contributed by atoms with van der Waals surface area (Å²) < 4.78 is 16.4. The van der Waals surface area contributed by atoms with Crippen molar-refractivity contribution in [2.24, 2.45) is 0 Å². The van der Waals surface area contributed by atoms with Crippen molar-refractivity contribution in [2.45, 2.75) is 25.5 Å². The molecule has 27 heavy (non-hydrogen) atoms. The van der Waals surface area contributed by atoms with Crippen molar-refractivity contribution in [1.82, 2.24) is 5.32 Å². The summed E-state index contributed by atoms with van der Waals surface area (Å²) in [6.07, 6.45) is 0. The van der Waals surface area contributed by atoms with Crippen molar-refractivity contribution in [2.75, 3.05) is 14.2 Å². The fraction of sp³-hybridized carbons (Fsp3) is 0.300. The van der Waals surface area contributed by atoms with Crippen LogP contribution in [-0.2, 0) is 0 Å². The molecule has 1 unspecified atom stereocenters. The number of hydrogen-bond donors (Lipinski definition) is 1. The number of ketones is 1. The van der Waals surface area contributed by atoms with Gasteiger partial charge in [0, 0.05) is 11.1 Å². The molecular formula is C20H20ClNO5. The average Bonchev–Trinajstić information content (AvgIpc) is 2.64. The maximum absolute atomic E-state index is 13.0. The van der Waals surface area contributed by atoms with E-state index < -0.39 is 17.6 Å². The third-order valence-corrected chi connectivity index (χ3v) is 4.70. The van der Waals surface area contributed by atoms with Crippen LogP contribution in [-0.4, -0.2) is 37.6 Å². The highest BCUT2D eigenvalue weighted by atomic mass is 35.5. The predicted molar refractivity (Wildman–Crippen MR) is 101 cm³/mol. The van der Waals surface area contributed by atoms with Gasteiger partial charge in [0.1, 0.15) is 28.9 Å². The van der Waals surface area contributed by atoms with Gasteiger partial charge >= 0.3 is 0 Å². The highest BCUT2D eigenvalue weighted by molar-refractivity contribution is 6.31. The van der Waals surface area contributed by atoms with Crippen LogP contribution in [0.4, 0.5) is 0 Å². The van der Waals surface area contributed by atoms with Crippen LogP contribution in [0.15, 0.2) is 36.4 Å². The molecule has 0 aromatic heterocycles. The van der Waals surface area contributed by atoms with Crippen LogP contribution in [0.3, 0.4) is 0 Å². The molecule has 7 heteroatoms. The van der Waals surface area contributed by atoms with Crippen LogP contribution >= 0.6 is 11.6 Å². The minimum Gasteiger partial charge on any atom is -0.497 e. The molecule has 2 aromatic rings. The summed E-state index contributed by atoms with van der Waals surface area (Å²) >= 11 is 6.00. The Kier molecular flexibility index (Phi) is 5.02. The molecule has 0 fully saturated rings. The quantitative estimate of drug-likeness (QED) is 0.866. The summed E-state index contributed by atoms with van der Waals surface area (Å²) in [5.74, 6) is 0.669. The summed E-state index contributed by atoms with van der Waals surface area (Å²) in [4.78, 5) is 25.8. The van der Waals surface area contributed by atoms with Gasteiger partial charge in [-0.15, -0.1) is 0 Å². The van der Waals surface area contributed by atoms with E-state index in [4.69, 9.17) is 25.8 Å². The molecule has 1 atom stereocenters. The molecule has 0 aliphatic carbocycles. The highest BCUT2D eigenvalue weighted by Gasteiger charge is 2.44. The lowest BCUT2D eigenvalue weighted by Gasteiger charge is -2.39. The van der Waals surface area contributed by atoms with E-state index in [1.807, 2.05) is 0 Å². The number of hydrogen-bond acceptors (Lipinski definition) is 5. The number of amides is 1. The van der Waals surface area contributed by atoms with Gasteiger partial charge in [-0.05, 0) is 44.2 Å². The molecule has 142 valence electrons. The number of nitrogens with one attached hydrogen (secondary N) is 1. The molecule has 1 N–H and O–H groups in total. The summed E-state index contributed by atoms with van der Waals surface area (Å²) in [6, 6.07) is 8.81. The number of methoxy groups -OCH3 is 2. The maximum atomic E-state index is 13.0. The highest BCUT2D eigenvalue weighted by Crippen LogP contribution is 2.36. The zero-order chi connectivity index (χ0) is 19.8. The summed E-state index contributed by atoms with van der Waals surface area (Å²) in [5, 5.41) is 3.16. The first-order valence-corrected chi connectivity index (χ1v) is 8.70. The van der Waals surface area contributed by atoms with Gasteiger partial charge in [0.25, 0.3) is 5.91 Å². The van der Waals surface area contributed by atoms with E-state index in [0.717, 1.165) is 0 Å². The van der Waals surface area contributed by atoms with E-state index in [-0.39, 0.29) is 11.3 Å². The number of halogens is 1. The van der Waals surface area contributed by atoms with E-state index in [9.17, 15) is 9.59 Å². The van der Waals surface area contributed by atoms with Crippen molar-refractivity contribution < 1.29 is 23.8 Å². The molecular weight excluding hydrogens is 370 g/mol. The SMILES string of the molecule is COc1ccc2c(c1)OC(C)(C)C(NC(=O)c1cc(Cl)ccc1OC)C2=O. The van der Waals surface area contributed by atoms with Gasteiger partial charge in [-0.3, -0.25) is 9.59 Å². The molecule has 2 aromatic carbocycles. The Morgan fingerprint density at radius 1 is 1.15 bits per heavy atom. The first-order chi connectivity index (χ1) is 12.8. The van der Waals surface area contributed by atoms with Gasteiger partial charge < -0.3 is 19.5 Å². The molecule has 0 spiro atoms. The van der Waals surface area contributed by atoms with Crippen LogP contribution in [0.25, 0.3) is 0 Å². The average molecular weight is 390 g/mol.